The molecule has 1 heterocycles. The number of hydrogen-bond donors (Lipinski definition) is 1. The molecule has 0 aromatic carbocycles. The van der Waals surface area contributed by atoms with Crippen LogP contribution in [-0.4, -0.2) is 53.3 Å². The van der Waals surface area contributed by atoms with Crippen LogP contribution in [0.25, 0.3) is 0 Å². The summed E-state index contributed by atoms with van der Waals surface area (Å²) in [5, 5.41) is 2.16. The minimum atomic E-state index is -0.606. The van der Waals surface area contributed by atoms with Gasteiger partial charge in [0.15, 0.2) is 0 Å². The Morgan fingerprint density at radius 3 is 2.35 bits per heavy atom. The molecule has 1 atom stereocenters. The van der Waals surface area contributed by atoms with Crippen LogP contribution in [0, 0.1) is 0 Å². The number of urea groups is 1. The van der Waals surface area contributed by atoms with E-state index in [-0.39, 0.29) is 12.5 Å². The van der Waals surface area contributed by atoms with Crippen molar-refractivity contribution in [2.45, 2.75) is 33.2 Å². The highest BCUT2D eigenvalue weighted by molar-refractivity contribution is 6.14. The van der Waals surface area contributed by atoms with Gasteiger partial charge in [0.25, 0.3) is 0 Å². The Hall–Kier alpha value is -1.43. The average molecular weight is 241 g/mol. The standard InChI is InChI=1S/C11H19N3O3/c1-4-13(5-2)7-8(3)14-10(16)6-9(15)12-11(14)17/h8H,4-7H2,1-3H3,(H,12,15,17). The number of carbonyl (C=O) groups is 3. The third kappa shape index (κ3) is 3.26. The van der Waals surface area contributed by atoms with Gasteiger partial charge in [-0.05, 0) is 20.0 Å². The van der Waals surface area contributed by atoms with E-state index in [4.69, 9.17) is 0 Å². The van der Waals surface area contributed by atoms with E-state index in [0.29, 0.717) is 6.54 Å². The molecule has 0 aliphatic carbocycles. The fourth-order valence-corrected chi connectivity index (χ4v) is 1.94. The molecule has 1 fully saturated rings. The van der Waals surface area contributed by atoms with Gasteiger partial charge in [-0.2, -0.15) is 0 Å². The number of rotatable bonds is 5. The molecule has 6 nitrogen and oxygen atoms in total. The lowest BCUT2D eigenvalue weighted by atomic mass is 10.2. The molecule has 4 amide bonds. The minimum Gasteiger partial charge on any atom is -0.302 e. The lowest BCUT2D eigenvalue weighted by Crippen LogP contribution is -2.58. The Morgan fingerprint density at radius 2 is 1.88 bits per heavy atom. The number of hydrogen-bond acceptors (Lipinski definition) is 4. The van der Waals surface area contributed by atoms with Crippen LogP contribution in [0.4, 0.5) is 4.79 Å². The Morgan fingerprint density at radius 1 is 1.29 bits per heavy atom. The summed E-state index contributed by atoms with van der Waals surface area (Å²) in [6, 6.07) is -0.832. The van der Waals surface area contributed by atoms with Crippen molar-refractivity contribution in [1.29, 1.82) is 0 Å². The van der Waals surface area contributed by atoms with Crippen molar-refractivity contribution in [2.24, 2.45) is 0 Å². The van der Waals surface area contributed by atoms with Gasteiger partial charge in [0, 0.05) is 6.54 Å². The SMILES string of the molecule is CCN(CC)CC(C)N1C(=O)CC(=O)NC1=O. The van der Waals surface area contributed by atoms with Gasteiger partial charge >= 0.3 is 6.03 Å². The average Bonchev–Trinajstić information content (AvgIpc) is 2.24. The van der Waals surface area contributed by atoms with Crippen LogP contribution in [0.3, 0.4) is 0 Å². The molecular weight excluding hydrogens is 222 g/mol. The molecule has 0 spiro atoms. The smallest absolute Gasteiger partial charge is 0.302 e. The van der Waals surface area contributed by atoms with Crippen molar-refractivity contribution in [1.82, 2.24) is 15.1 Å². The van der Waals surface area contributed by atoms with Gasteiger partial charge in [-0.1, -0.05) is 13.8 Å². The van der Waals surface area contributed by atoms with Crippen LogP contribution in [-0.2, 0) is 9.59 Å². The normalized spacial score (nSPS) is 18.6. The number of carbonyl (C=O) groups excluding carboxylic acids is 3. The molecule has 0 radical (unpaired) electrons. The second kappa shape index (κ2) is 5.77. The molecular formula is C11H19N3O3. The number of barbiturate groups is 1. The molecule has 96 valence electrons. The topological polar surface area (TPSA) is 69.7 Å². The predicted molar refractivity (Wildman–Crippen MR) is 62.3 cm³/mol. The van der Waals surface area contributed by atoms with Crippen molar-refractivity contribution in [3.05, 3.63) is 0 Å². The summed E-state index contributed by atoms with van der Waals surface area (Å²) in [4.78, 5) is 37.5. The van der Waals surface area contributed by atoms with Crippen LogP contribution in [0.1, 0.15) is 27.2 Å². The van der Waals surface area contributed by atoms with Gasteiger partial charge < -0.3 is 4.90 Å². The van der Waals surface area contributed by atoms with Crippen molar-refractivity contribution < 1.29 is 14.4 Å². The number of likely N-dealkylation sites (N-methyl/N-ethyl adjacent to an activating group) is 1. The van der Waals surface area contributed by atoms with Crippen molar-refractivity contribution in [2.75, 3.05) is 19.6 Å². The van der Waals surface area contributed by atoms with E-state index >= 15 is 0 Å². The Labute approximate surface area is 101 Å². The second-order valence-electron chi connectivity index (χ2n) is 4.13. The van der Waals surface area contributed by atoms with Gasteiger partial charge in [0.1, 0.15) is 6.42 Å². The molecule has 1 aliphatic rings. The first-order valence-corrected chi connectivity index (χ1v) is 5.87. The summed E-state index contributed by atoms with van der Waals surface area (Å²) >= 11 is 0. The maximum absolute atomic E-state index is 11.6. The largest absolute Gasteiger partial charge is 0.331 e. The number of amides is 4. The summed E-state index contributed by atoms with van der Waals surface area (Å²) < 4.78 is 0. The van der Waals surface area contributed by atoms with Crippen LogP contribution in [0.5, 0.6) is 0 Å². The molecule has 1 rings (SSSR count). The third-order valence-electron chi connectivity index (χ3n) is 2.90. The van der Waals surface area contributed by atoms with E-state index in [0.717, 1.165) is 18.0 Å². The lowest BCUT2D eigenvalue weighted by Gasteiger charge is -2.33. The molecule has 0 bridgehead atoms. The van der Waals surface area contributed by atoms with Gasteiger partial charge in [0.05, 0.1) is 6.04 Å². The van der Waals surface area contributed by atoms with Crippen LogP contribution < -0.4 is 5.32 Å². The molecule has 0 aromatic rings. The summed E-state index contributed by atoms with van der Waals surface area (Å²) in [5.41, 5.74) is 0. The van der Waals surface area contributed by atoms with Crippen molar-refractivity contribution >= 4 is 17.8 Å². The summed E-state index contributed by atoms with van der Waals surface area (Å²) in [6.07, 6.45) is -0.242. The minimum absolute atomic E-state index is 0.226. The molecule has 1 unspecified atom stereocenters. The van der Waals surface area contributed by atoms with E-state index in [1.54, 1.807) is 0 Å². The number of imide groups is 2. The summed E-state index contributed by atoms with van der Waals surface area (Å²) in [5.74, 6) is -0.940. The fraction of sp³-hybridized carbons (Fsp3) is 0.727. The number of nitrogens with zero attached hydrogens (tertiary/aromatic N) is 2. The molecule has 0 aromatic heterocycles. The first-order valence-electron chi connectivity index (χ1n) is 5.87. The Kier molecular flexibility index (Phi) is 4.62. The zero-order chi connectivity index (χ0) is 13.0. The quantitative estimate of drug-likeness (QED) is 0.697. The van der Waals surface area contributed by atoms with E-state index in [1.165, 1.54) is 0 Å². The first-order chi connectivity index (χ1) is 7.99. The van der Waals surface area contributed by atoms with Crippen LogP contribution >= 0.6 is 0 Å². The Bertz CT molecular complexity index is 306. The van der Waals surface area contributed by atoms with Crippen molar-refractivity contribution in [3.63, 3.8) is 0 Å². The van der Waals surface area contributed by atoms with Crippen molar-refractivity contribution in [3.8, 4) is 0 Å². The van der Waals surface area contributed by atoms with E-state index < -0.39 is 17.8 Å². The zero-order valence-corrected chi connectivity index (χ0v) is 10.5. The maximum atomic E-state index is 11.6. The van der Waals surface area contributed by atoms with E-state index in [2.05, 4.69) is 10.2 Å². The molecule has 1 N–H and O–H groups in total. The maximum Gasteiger partial charge on any atom is 0.331 e. The molecule has 6 heteroatoms. The summed E-state index contributed by atoms with van der Waals surface area (Å²) in [6.45, 7) is 8.22. The van der Waals surface area contributed by atoms with E-state index in [9.17, 15) is 14.4 Å². The first kappa shape index (κ1) is 13.6. The highest BCUT2D eigenvalue weighted by Gasteiger charge is 2.34. The zero-order valence-electron chi connectivity index (χ0n) is 10.5. The van der Waals surface area contributed by atoms with Gasteiger partial charge in [-0.15, -0.1) is 0 Å². The van der Waals surface area contributed by atoms with Gasteiger partial charge in [0.2, 0.25) is 11.8 Å². The fourth-order valence-electron chi connectivity index (χ4n) is 1.94. The van der Waals surface area contributed by atoms with Gasteiger partial charge in [-0.3, -0.25) is 19.8 Å². The van der Waals surface area contributed by atoms with Crippen LogP contribution in [0.2, 0.25) is 0 Å². The molecule has 1 saturated heterocycles. The molecule has 1 aliphatic heterocycles. The second-order valence-corrected chi connectivity index (χ2v) is 4.13. The highest BCUT2D eigenvalue weighted by Crippen LogP contribution is 2.09. The summed E-state index contributed by atoms with van der Waals surface area (Å²) in [7, 11) is 0. The highest BCUT2D eigenvalue weighted by atomic mass is 16.2. The van der Waals surface area contributed by atoms with Gasteiger partial charge in [-0.25, -0.2) is 4.79 Å². The van der Waals surface area contributed by atoms with E-state index in [1.807, 2.05) is 20.8 Å². The lowest BCUT2D eigenvalue weighted by molar-refractivity contribution is -0.137. The Balaban J connectivity index is 2.67. The predicted octanol–water partition coefficient (Wildman–Crippen LogP) is 0.185. The molecule has 17 heavy (non-hydrogen) atoms. The molecule has 0 saturated carbocycles. The number of nitrogens with one attached hydrogen (secondary N) is 1. The third-order valence-corrected chi connectivity index (χ3v) is 2.90. The van der Waals surface area contributed by atoms with Crippen LogP contribution in [0.15, 0.2) is 0 Å². The monoisotopic (exact) mass is 241 g/mol.